The predicted octanol–water partition coefficient (Wildman–Crippen LogP) is 6.83. The Morgan fingerprint density at radius 1 is 0.787 bits per heavy atom. The van der Waals surface area contributed by atoms with E-state index in [4.69, 9.17) is 9.84 Å². The summed E-state index contributed by atoms with van der Waals surface area (Å²) >= 11 is 0. The summed E-state index contributed by atoms with van der Waals surface area (Å²) in [6, 6.07) is 21.6. The number of nitrogens with zero attached hydrogens (tertiary/aromatic N) is 2. The molecule has 0 fully saturated rings. The minimum Gasteiger partial charge on any atom is -0.494 e. The van der Waals surface area contributed by atoms with Gasteiger partial charge in [0, 0.05) is 35.5 Å². The molecule has 0 aliphatic rings. The van der Waals surface area contributed by atoms with E-state index >= 15 is 0 Å². The number of unbranched alkanes of at least 4 members (excludes halogenated alkanes) is 4. The lowest BCUT2D eigenvalue weighted by Crippen LogP contribution is -2.49. The maximum absolute atomic E-state index is 13.0. The Morgan fingerprint density at radius 2 is 1.43 bits per heavy atom. The highest BCUT2D eigenvalue weighted by Crippen LogP contribution is 2.24. The molecule has 0 aliphatic heterocycles. The molecular weight excluding hydrogens is 592 g/mol. The molecule has 4 aromatic rings. The zero-order valence-electron chi connectivity index (χ0n) is 27.4. The molecule has 4 rings (SSSR count). The summed E-state index contributed by atoms with van der Waals surface area (Å²) in [5.41, 5.74) is 4.97. The zero-order chi connectivity index (χ0) is 33.6. The second-order valence-electron chi connectivity index (χ2n) is 11.9. The minimum atomic E-state index is -1.17. The molecule has 3 aromatic carbocycles. The van der Waals surface area contributed by atoms with Gasteiger partial charge in [0.1, 0.15) is 18.3 Å². The van der Waals surface area contributed by atoms with E-state index in [1.54, 1.807) is 24.5 Å². The third-order valence-electron chi connectivity index (χ3n) is 7.88. The van der Waals surface area contributed by atoms with Crippen LogP contribution in [0, 0.1) is 0 Å². The predicted molar refractivity (Wildman–Crippen MR) is 183 cm³/mol. The maximum Gasteiger partial charge on any atom is 0.322 e. The van der Waals surface area contributed by atoms with Gasteiger partial charge in [-0.05, 0) is 53.3 Å². The van der Waals surface area contributed by atoms with Crippen LogP contribution in [0.25, 0.3) is 22.5 Å². The van der Waals surface area contributed by atoms with Crippen LogP contribution in [-0.4, -0.2) is 52.1 Å². The molecule has 0 saturated heterocycles. The lowest BCUT2D eigenvalue weighted by molar-refractivity contribution is -0.138. The van der Waals surface area contributed by atoms with Crippen LogP contribution in [0.2, 0.25) is 0 Å². The highest BCUT2D eigenvalue weighted by atomic mass is 16.5. The third kappa shape index (κ3) is 10.8. The van der Waals surface area contributed by atoms with Gasteiger partial charge in [-0.3, -0.25) is 14.4 Å². The summed E-state index contributed by atoms with van der Waals surface area (Å²) in [5, 5.41) is 14.2. The van der Waals surface area contributed by atoms with Crippen molar-refractivity contribution in [3.05, 3.63) is 102 Å². The lowest BCUT2D eigenvalue weighted by Gasteiger charge is -2.19. The van der Waals surface area contributed by atoms with Gasteiger partial charge in [-0.15, -0.1) is 0 Å². The molecule has 246 valence electrons. The standard InChI is InChI=1S/C38H44N4O5/c1-4-5-6-7-8-21-47-33-19-17-29(18-20-33)32-23-39-36(40-24-32)30-11-9-27(10-12-30)22-34(38(46)41-25-35(43)44)42-37(45)31-15-13-28(14-16-31)26(2)3/h9-20,23-24,26,34H,4-8,21-22,25H2,1-3H3,(H,41,46)(H,42,45)(H,43,44)/t34-/m0/s1. The first kappa shape index (κ1) is 34.8. The van der Waals surface area contributed by atoms with Gasteiger partial charge in [-0.25, -0.2) is 9.97 Å². The number of carbonyl (C=O) groups is 3. The Kier molecular flexibility index (Phi) is 13.0. The fraction of sp³-hybridized carbons (Fsp3) is 0.342. The third-order valence-corrected chi connectivity index (χ3v) is 7.88. The monoisotopic (exact) mass is 636 g/mol. The normalized spacial score (nSPS) is 11.6. The molecule has 9 heteroatoms. The van der Waals surface area contributed by atoms with Crippen molar-refractivity contribution in [3.8, 4) is 28.3 Å². The first-order chi connectivity index (χ1) is 22.7. The van der Waals surface area contributed by atoms with Gasteiger partial charge in [0.15, 0.2) is 5.82 Å². The number of hydrogen-bond acceptors (Lipinski definition) is 6. The molecule has 9 nitrogen and oxygen atoms in total. The summed E-state index contributed by atoms with van der Waals surface area (Å²) in [4.78, 5) is 46.1. The molecule has 0 bridgehead atoms. The smallest absolute Gasteiger partial charge is 0.322 e. The van der Waals surface area contributed by atoms with Crippen LogP contribution in [0.1, 0.15) is 80.3 Å². The molecule has 0 saturated carbocycles. The number of hydrogen-bond donors (Lipinski definition) is 3. The summed E-state index contributed by atoms with van der Waals surface area (Å²) in [6.45, 7) is 6.52. The number of nitrogens with one attached hydrogen (secondary N) is 2. The Morgan fingerprint density at radius 3 is 2.04 bits per heavy atom. The summed E-state index contributed by atoms with van der Waals surface area (Å²) in [6.07, 6.45) is 9.74. The van der Waals surface area contributed by atoms with Gasteiger partial charge in [0.2, 0.25) is 5.91 Å². The molecule has 0 aliphatic carbocycles. The van der Waals surface area contributed by atoms with Crippen LogP contribution >= 0.6 is 0 Å². The summed E-state index contributed by atoms with van der Waals surface area (Å²) < 4.78 is 5.87. The Balaban J connectivity index is 1.37. The molecule has 0 radical (unpaired) electrons. The first-order valence-corrected chi connectivity index (χ1v) is 16.3. The van der Waals surface area contributed by atoms with E-state index in [0.29, 0.717) is 17.3 Å². The molecule has 0 unspecified atom stereocenters. The first-order valence-electron chi connectivity index (χ1n) is 16.3. The largest absolute Gasteiger partial charge is 0.494 e. The van der Waals surface area contributed by atoms with Crippen molar-refractivity contribution in [2.45, 2.75) is 71.3 Å². The highest BCUT2D eigenvalue weighted by molar-refractivity contribution is 5.98. The van der Waals surface area contributed by atoms with Gasteiger partial charge in [-0.2, -0.15) is 0 Å². The van der Waals surface area contributed by atoms with Crippen LogP contribution in [-0.2, 0) is 16.0 Å². The second kappa shape index (κ2) is 17.6. The number of aromatic nitrogens is 2. The van der Waals surface area contributed by atoms with E-state index in [2.05, 4.69) is 41.4 Å². The quantitative estimate of drug-likeness (QED) is 0.108. The maximum atomic E-state index is 13.0. The van der Waals surface area contributed by atoms with Crippen molar-refractivity contribution in [1.29, 1.82) is 0 Å². The molecule has 2 amide bonds. The number of aliphatic carboxylic acids is 1. The van der Waals surface area contributed by atoms with Crippen LogP contribution in [0.4, 0.5) is 0 Å². The van der Waals surface area contributed by atoms with Crippen LogP contribution in [0.3, 0.4) is 0 Å². The molecule has 1 aromatic heterocycles. The highest BCUT2D eigenvalue weighted by Gasteiger charge is 2.23. The van der Waals surface area contributed by atoms with Crippen molar-refractivity contribution in [3.63, 3.8) is 0 Å². The molecule has 1 heterocycles. The average molecular weight is 637 g/mol. The fourth-order valence-electron chi connectivity index (χ4n) is 5.05. The van der Waals surface area contributed by atoms with Gasteiger partial charge >= 0.3 is 5.97 Å². The Bertz CT molecular complexity index is 1590. The number of amides is 2. The van der Waals surface area contributed by atoms with E-state index in [0.717, 1.165) is 46.6 Å². The van der Waals surface area contributed by atoms with Crippen LogP contribution in [0.5, 0.6) is 5.75 Å². The van der Waals surface area contributed by atoms with Crippen molar-refractivity contribution in [2.75, 3.05) is 13.2 Å². The number of rotatable bonds is 17. The Labute approximate surface area is 276 Å². The van der Waals surface area contributed by atoms with E-state index in [1.165, 1.54) is 25.7 Å². The second-order valence-corrected chi connectivity index (χ2v) is 11.9. The number of carboxylic acid groups (broad SMARTS) is 1. The van der Waals surface area contributed by atoms with Gasteiger partial charge in [0.25, 0.3) is 5.91 Å². The number of ether oxygens (including phenoxy) is 1. The van der Waals surface area contributed by atoms with Crippen molar-refractivity contribution in [2.24, 2.45) is 0 Å². The number of benzene rings is 3. The number of carbonyl (C=O) groups excluding carboxylic acids is 2. The van der Waals surface area contributed by atoms with E-state index < -0.39 is 30.4 Å². The van der Waals surface area contributed by atoms with E-state index in [-0.39, 0.29) is 6.42 Å². The Hall–Kier alpha value is -5.05. The number of carboxylic acids is 1. The summed E-state index contributed by atoms with van der Waals surface area (Å²) in [7, 11) is 0. The molecule has 3 N–H and O–H groups in total. The van der Waals surface area contributed by atoms with E-state index in [9.17, 15) is 14.4 Å². The van der Waals surface area contributed by atoms with Crippen LogP contribution < -0.4 is 15.4 Å². The fourth-order valence-corrected chi connectivity index (χ4v) is 5.05. The van der Waals surface area contributed by atoms with Gasteiger partial charge in [0.05, 0.1) is 6.61 Å². The minimum absolute atomic E-state index is 0.167. The molecule has 0 spiro atoms. The molecular formula is C38H44N4O5. The SMILES string of the molecule is CCCCCCCOc1ccc(-c2cnc(-c3ccc(C[C@H](NC(=O)c4ccc(C(C)C)cc4)C(=O)NCC(=O)O)cc3)nc2)cc1. The van der Waals surface area contributed by atoms with Gasteiger partial charge < -0.3 is 20.5 Å². The van der Waals surface area contributed by atoms with Crippen molar-refractivity contribution < 1.29 is 24.2 Å². The average Bonchev–Trinajstić information content (AvgIpc) is 3.09. The van der Waals surface area contributed by atoms with Crippen molar-refractivity contribution in [1.82, 2.24) is 20.6 Å². The lowest BCUT2D eigenvalue weighted by atomic mass is 10.0. The van der Waals surface area contributed by atoms with Crippen LogP contribution in [0.15, 0.2) is 85.2 Å². The summed E-state index contributed by atoms with van der Waals surface area (Å²) in [5.74, 6) is -0.441. The topological polar surface area (TPSA) is 131 Å². The molecule has 47 heavy (non-hydrogen) atoms. The molecule has 1 atom stereocenters. The zero-order valence-corrected chi connectivity index (χ0v) is 27.4. The van der Waals surface area contributed by atoms with E-state index in [1.807, 2.05) is 60.7 Å². The van der Waals surface area contributed by atoms with Crippen molar-refractivity contribution >= 4 is 17.8 Å². The van der Waals surface area contributed by atoms with Gasteiger partial charge in [-0.1, -0.05) is 95.0 Å².